The molecule has 2 saturated heterocycles. The molecule has 50 heavy (non-hydrogen) atoms. The second-order valence-corrected chi connectivity index (χ2v) is 14.2. The van der Waals surface area contributed by atoms with Crippen LogP contribution < -0.4 is 10.6 Å². The molecule has 3 N–H and O–H groups in total. The Kier molecular flexibility index (Phi) is 11.8. The summed E-state index contributed by atoms with van der Waals surface area (Å²) < 4.78 is 60.8. The van der Waals surface area contributed by atoms with E-state index in [9.17, 15) is 17.6 Å². The molecule has 3 atom stereocenters. The summed E-state index contributed by atoms with van der Waals surface area (Å²) in [6.07, 6.45) is 2.29. The molecule has 13 nitrogen and oxygen atoms in total. The number of piperidine rings is 1. The third-order valence-corrected chi connectivity index (χ3v) is 9.41. The Bertz CT molecular complexity index is 1830. The molecule has 2 aliphatic rings. The molecule has 268 valence electrons. The van der Waals surface area contributed by atoms with Crippen LogP contribution in [-0.2, 0) is 19.6 Å². The highest BCUT2D eigenvalue weighted by Gasteiger charge is 2.34. The Balaban J connectivity index is 0.000000377. The minimum Gasteiger partial charge on any atom is -0.447 e. The fraction of sp³-hybridized carbons (Fsp3) is 0.429. The first-order valence-corrected chi connectivity index (χ1v) is 17.9. The maximum atomic E-state index is 14.3. The quantitative estimate of drug-likeness (QED) is 0.219. The zero-order valence-corrected chi connectivity index (χ0v) is 29.3. The lowest BCUT2D eigenvalue weighted by Gasteiger charge is -2.32. The van der Waals surface area contributed by atoms with Gasteiger partial charge in [-0.05, 0) is 76.4 Å². The third kappa shape index (κ3) is 9.41. The van der Waals surface area contributed by atoms with E-state index in [0.29, 0.717) is 61.9 Å². The van der Waals surface area contributed by atoms with E-state index in [1.807, 2.05) is 45.9 Å². The van der Waals surface area contributed by atoms with E-state index in [-0.39, 0.29) is 47.1 Å². The molecule has 0 unspecified atom stereocenters. The number of ether oxygens (including phenoxy) is 2. The van der Waals surface area contributed by atoms with Gasteiger partial charge >= 0.3 is 6.09 Å². The molecule has 0 saturated carbocycles. The molecule has 2 fully saturated rings. The molecule has 2 aliphatic heterocycles. The predicted molar refractivity (Wildman–Crippen MR) is 184 cm³/mol. The summed E-state index contributed by atoms with van der Waals surface area (Å²) in [7, 11) is -4.02. The van der Waals surface area contributed by atoms with Crippen molar-refractivity contribution in [2.24, 2.45) is 5.73 Å². The van der Waals surface area contributed by atoms with Gasteiger partial charge in [0.1, 0.15) is 17.7 Å². The number of nitrogens with zero attached hydrogens (tertiary/aromatic N) is 5. The summed E-state index contributed by atoms with van der Waals surface area (Å²) in [4.78, 5) is 24.9. The second kappa shape index (κ2) is 16.1. The Hall–Kier alpha value is -4.44. The van der Waals surface area contributed by atoms with Crippen LogP contribution in [0.25, 0.3) is 11.4 Å². The fourth-order valence-corrected chi connectivity index (χ4v) is 6.33. The van der Waals surface area contributed by atoms with Crippen molar-refractivity contribution in [3.63, 3.8) is 0 Å². The number of anilines is 1. The molecule has 0 bridgehead atoms. The van der Waals surface area contributed by atoms with Crippen molar-refractivity contribution in [3.8, 4) is 11.4 Å². The first kappa shape index (κ1) is 36.8. The van der Waals surface area contributed by atoms with E-state index in [1.54, 1.807) is 35.4 Å². The van der Waals surface area contributed by atoms with Gasteiger partial charge in [0.25, 0.3) is 16.0 Å². The fourth-order valence-electron chi connectivity index (χ4n) is 5.85. The van der Waals surface area contributed by atoms with E-state index >= 15 is 0 Å². The Morgan fingerprint density at radius 3 is 2.36 bits per heavy atom. The number of carbonyl (C=O) groups excluding carboxylic acids is 1. The van der Waals surface area contributed by atoms with Crippen LogP contribution in [0, 0.1) is 12.7 Å². The summed E-state index contributed by atoms with van der Waals surface area (Å²) in [6.45, 7) is 9.74. The number of hydrogen-bond donors (Lipinski definition) is 2. The van der Waals surface area contributed by atoms with Gasteiger partial charge < -0.3 is 29.5 Å². The SMILES string of the molecule is CC(C)OC(=O)N1CCC(O[C@H](C)c2nc(-c3ccc(N4C[C@H](c5ccccc5F)[C@@H](N)C4)nc3)no2)CC1.Cc1ccc(S(=O)(=O)O)cc1. The molecule has 2 aromatic heterocycles. The number of carbonyl (C=O) groups is 1. The van der Waals surface area contributed by atoms with Crippen molar-refractivity contribution < 1.29 is 36.2 Å². The molecule has 6 rings (SSSR count). The van der Waals surface area contributed by atoms with Crippen LogP contribution in [0.1, 0.15) is 62.7 Å². The maximum absolute atomic E-state index is 14.3. The summed E-state index contributed by atoms with van der Waals surface area (Å²) in [6, 6.07) is 16.4. The van der Waals surface area contributed by atoms with Crippen LogP contribution in [0.15, 0.2) is 76.3 Å². The van der Waals surface area contributed by atoms with Gasteiger partial charge in [0.15, 0.2) is 0 Å². The molecule has 4 aromatic rings. The van der Waals surface area contributed by atoms with E-state index in [0.717, 1.165) is 11.4 Å². The van der Waals surface area contributed by atoms with E-state index in [4.69, 9.17) is 24.3 Å². The minimum atomic E-state index is -4.02. The van der Waals surface area contributed by atoms with Crippen molar-refractivity contribution in [3.05, 3.63) is 89.7 Å². The number of aryl methyl sites for hydroxylation is 1. The van der Waals surface area contributed by atoms with Gasteiger partial charge in [-0.1, -0.05) is 41.1 Å². The number of halogens is 1. The van der Waals surface area contributed by atoms with E-state index in [1.165, 1.54) is 18.2 Å². The first-order chi connectivity index (χ1) is 23.8. The second-order valence-electron chi connectivity index (χ2n) is 12.7. The number of rotatable bonds is 8. The maximum Gasteiger partial charge on any atom is 0.410 e. The number of nitrogens with two attached hydrogens (primary N) is 1. The van der Waals surface area contributed by atoms with Gasteiger partial charge in [-0.15, -0.1) is 0 Å². The average Bonchev–Trinajstić information content (AvgIpc) is 3.73. The van der Waals surface area contributed by atoms with Crippen LogP contribution in [-0.4, -0.2) is 83.5 Å². The molecule has 4 heterocycles. The highest BCUT2D eigenvalue weighted by molar-refractivity contribution is 7.85. The molecule has 1 amide bonds. The van der Waals surface area contributed by atoms with E-state index < -0.39 is 10.1 Å². The van der Waals surface area contributed by atoms with Gasteiger partial charge in [-0.25, -0.2) is 14.2 Å². The van der Waals surface area contributed by atoms with Gasteiger partial charge in [-0.3, -0.25) is 4.55 Å². The standard InChI is InChI=1S/C28H35FN6O4.C7H8O3S/c1-17(2)37-28(36)34-12-10-20(11-13-34)38-18(3)27-32-26(33-39-27)19-8-9-25(31-14-19)35-15-22(24(30)16-35)21-6-4-5-7-23(21)29;1-6-2-4-7(5-3-6)11(8,9)10/h4-9,14,17-18,20,22,24H,10-13,15-16,30H2,1-3H3;2-5H,1H3,(H,8,9,10)/t18-,22-,24+;/m1./s1. The largest absolute Gasteiger partial charge is 0.447 e. The van der Waals surface area contributed by atoms with Crippen molar-refractivity contribution in [2.75, 3.05) is 31.1 Å². The number of aromatic nitrogens is 3. The number of benzene rings is 2. The molecule has 0 aliphatic carbocycles. The first-order valence-electron chi connectivity index (χ1n) is 16.5. The minimum absolute atomic E-state index is 0.0144. The Morgan fingerprint density at radius 2 is 1.74 bits per heavy atom. The van der Waals surface area contributed by atoms with Crippen LogP contribution in [0.5, 0.6) is 0 Å². The van der Waals surface area contributed by atoms with Gasteiger partial charge in [0, 0.05) is 49.9 Å². The highest BCUT2D eigenvalue weighted by Crippen LogP contribution is 2.32. The van der Waals surface area contributed by atoms with Gasteiger partial charge in [-0.2, -0.15) is 13.4 Å². The van der Waals surface area contributed by atoms with Crippen molar-refractivity contribution in [2.45, 2.75) is 75.7 Å². The topological polar surface area (TPSA) is 174 Å². The van der Waals surface area contributed by atoms with E-state index in [2.05, 4.69) is 20.0 Å². The van der Waals surface area contributed by atoms with Crippen molar-refractivity contribution in [1.29, 1.82) is 0 Å². The van der Waals surface area contributed by atoms with Crippen LogP contribution in [0.2, 0.25) is 0 Å². The zero-order chi connectivity index (χ0) is 36.0. The smallest absolute Gasteiger partial charge is 0.410 e. The van der Waals surface area contributed by atoms with Crippen LogP contribution >= 0.6 is 0 Å². The summed E-state index contributed by atoms with van der Waals surface area (Å²) >= 11 is 0. The number of hydrogen-bond acceptors (Lipinski definition) is 11. The predicted octanol–water partition coefficient (Wildman–Crippen LogP) is 5.53. The third-order valence-electron chi connectivity index (χ3n) is 8.54. The lowest BCUT2D eigenvalue weighted by molar-refractivity contribution is -0.0475. The van der Waals surface area contributed by atoms with Crippen LogP contribution in [0.3, 0.4) is 0 Å². The molecule has 2 aromatic carbocycles. The highest BCUT2D eigenvalue weighted by atomic mass is 32.2. The Labute approximate surface area is 291 Å². The van der Waals surface area contributed by atoms with Crippen molar-refractivity contribution >= 4 is 22.0 Å². The number of pyridine rings is 1. The summed E-state index contributed by atoms with van der Waals surface area (Å²) in [5.74, 6) is 1.24. The van der Waals surface area contributed by atoms with Gasteiger partial charge in [0.05, 0.1) is 17.1 Å². The zero-order valence-electron chi connectivity index (χ0n) is 28.5. The number of amides is 1. The van der Waals surface area contributed by atoms with Gasteiger partial charge in [0.2, 0.25) is 5.82 Å². The molecule has 0 radical (unpaired) electrons. The summed E-state index contributed by atoms with van der Waals surface area (Å²) in [5, 5.41) is 4.11. The Morgan fingerprint density at radius 1 is 1.04 bits per heavy atom. The lowest BCUT2D eigenvalue weighted by atomic mass is 9.94. The molecule has 0 spiro atoms. The molecular weight excluding hydrogens is 667 g/mol. The average molecular weight is 711 g/mol. The van der Waals surface area contributed by atoms with Crippen LogP contribution in [0.4, 0.5) is 15.0 Å². The molecule has 15 heteroatoms. The summed E-state index contributed by atoms with van der Waals surface area (Å²) in [5.41, 5.74) is 8.67. The van der Waals surface area contributed by atoms with Crippen molar-refractivity contribution in [1.82, 2.24) is 20.0 Å². The monoisotopic (exact) mass is 710 g/mol. The molecular formula is C35H43FN6O7S. The number of likely N-dealkylation sites (tertiary alicyclic amines) is 1. The normalized spacial score (nSPS) is 18.9. The lowest BCUT2D eigenvalue weighted by Crippen LogP contribution is -2.42.